The maximum atomic E-state index is 12.2. The van der Waals surface area contributed by atoms with Gasteiger partial charge in [-0.25, -0.2) is 4.99 Å². The molecule has 3 rings (SSSR count). The molecule has 0 bridgehead atoms. The fourth-order valence-corrected chi connectivity index (χ4v) is 6.16. The van der Waals surface area contributed by atoms with E-state index in [1.54, 1.807) is 16.3 Å². The molecule has 0 unspecified atom stereocenters. The first-order valence-corrected chi connectivity index (χ1v) is 13.3. The van der Waals surface area contributed by atoms with E-state index < -0.39 is 0 Å². The van der Waals surface area contributed by atoms with Crippen LogP contribution in [0.2, 0.25) is 0 Å². The van der Waals surface area contributed by atoms with E-state index in [2.05, 4.69) is 54.9 Å². The van der Waals surface area contributed by atoms with Crippen molar-refractivity contribution in [2.45, 2.75) is 86.4 Å². The molecule has 1 aromatic rings. The molecule has 1 N–H and O–H groups in total. The Morgan fingerprint density at radius 3 is 2.28 bits per heavy atom. The largest absolute Gasteiger partial charge is 0.480 e. The Labute approximate surface area is 223 Å². The van der Waals surface area contributed by atoms with Gasteiger partial charge in [-0.2, -0.15) is 4.98 Å². The normalized spacial score (nSPS) is 15.6. The number of thiocarbonyl (C=S) groups is 1. The van der Waals surface area contributed by atoms with Crippen LogP contribution in [0.5, 0.6) is 5.88 Å². The molecule has 2 aliphatic rings. The van der Waals surface area contributed by atoms with Crippen LogP contribution in [0.4, 0.5) is 0 Å². The monoisotopic (exact) mass is 533 g/mol. The highest BCUT2D eigenvalue weighted by atomic mass is 32.2. The average Bonchev–Trinajstić information content (AvgIpc) is 2.70. The number of carbonyl (C=O) groups excluding carboxylic acids is 1. The second-order valence-electron chi connectivity index (χ2n) is 11.1. The molecule has 0 saturated heterocycles. The van der Waals surface area contributed by atoms with E-state index in [0.717, 1.165) is 35.6 Å². The Bertz CT molecular complexity index is 1280. The Hall–Kier alpha value is -2.33. The molecule has 1 aromatic heterocycles. The van der Waals surface area contributed by atoms with Crippen molar-refractivity contribution in [1.82, 2.24) is 14.9 Å². The minimum atomic E-state index is -0.140. The van der Waals surface area contributed by atoms with Crippen LogP contribution in [-0.4, -0.2) is 44.0 Å². The summed E-state index contributed by atoms with van der Waals surface area (Å²) in [6.45, 7) is 20.1. The van der Waals surface area contributed by atoms with E-state index in [1.807, 2.05) is 27.7 Å². The fourth-order valence-electron chi connectivity index (χ4n) is 4.35. The average molecular weight is 534 g/mol. The summed E-state index contributed by atoms with van der Waals surface area (Å²) in [5.74, 6) is 0.237. The Balaban J connectivity index is 0.000000259. The lowest BCUT2D eigenvalue weighted by Gasteiger charge is -2.33. The van der Waals surface area contributed by atoms with Crippen molar-refractivity contribution in [3.05, 3.63) is 32.3 Å². The number of carbonyl (C=O) groups is 1. The summed E-state index contributed by atoms with van der Waals surface area (Å²) in [4.78, 5) is 37.1. The Morgan fingerprint density at radius 2 is 1.75 bits per heavy atom. The molecular formula is C26H39N5O3S2. The molecule has 2 aliphatic heterocycles. The predicted molar refractivity (Wildman–Crippen MR) is 152 cm³/mol. The predicted octanol–water partition coefficient (Wildman–Crippen LogP) is 3.55. The number of nitrogens with zero attached hydrogens (tertiary/aromatic N) is 4. The fraction of sp³-hybridized carbons (Fsp3) is 0.615. The van der Waals surface area contributed by atoms with Gasteiger partial charge in [-0.1, -0.05) is 57.5 Å². The van der Waals surface area contributed by atoms with Crippen LogP contribution in [0.1, 0.15) is 75.2 Å². The van der Waals surface area contributed by atoms with Crippen LogP contribution in [0.25, 0.3) is 5.57 Å². The standard InChI is InChI=1S/C15H24N2OS2.C11H15N3O2/c1-9(2)10-11(18)16-13(19)17-12(10)20-15(6,7)8-14(3,4)5;1-7(2)8-9(16-3)13-11-12-5-4-6-14(11)10(8)15/h8H2,1-7H3,(H,16,18,19);4-6H2,1-3H3. The molecule has 0 aliphatic carbocycles. The molecule has 36 heavy (non-hydrogen) atoms. The molecule has 0 fully saturated rings. The number of nitrogens with one attached hydrogen (secondary N) is 1. The Kier molecular flexibility index (Phi) is 9.81. The van der Waals surface area contributed by atoms with Crippen molar-refractivity contribution < 1.29 is 9.53 Å². The molecule has 8 nitrogen and oxygen atoms in total. The third-order valence-electron chi connectivity index (χ3n) is 5.30. The number of rotatable bonds is 3. The van der Waals surface area contributed by atoms with Crippen molar-refractivity contribution in [3.8, 4) is 5.88 Å². The molecule has 0 aromatic carbocycles. The van der Waals surface area contributed by atoms with Gasteiger partial charge >= 0.3 is 0 Å². The summed E-state index contributed by atoms with van der Waals surface area (Å²) < 4.78 is 6.76. The summed E-state index contributed by atoms with van der Waals surface area (Å²) in [6, 6.07) is 0. The molecular weight excluding hydrogens is 494 g/mol. The molecule has 0 saturated carbocycles. The van der Waals surface area contributed by atoms with Gasteiger partial charge in [0.05, 0.1) is 12.7 Å². The number of aromatic nitrogens is 2. The first kappa shape index (κ1) is 29.9. The van der Waals surface area contributed by atoms with Crippen LogP contribution < -0.4 is 26.4 Å². The van der Waals surface area contributed by atoms with E-state index >= 15 is 0 Å². The van der Waals surface area contributed by atoms with Gasteiger partial charge in [0.1, 0.15) is 10.3 Å². The van der Waals surface area contributed by atoms with E-state index in [0.29, 0.717) is 28.8 Å². The van der Waals surface area contributed by atoms with Crippen molar-refractivity contribution in [2.24, 2.45) is 15.4 Å². The molecule has 10 heteroatoms. The van der Waals surface area contributed by atoms with Gasteiger partial charge < -0.3 is 4.74 Å². The topological polar surface area (TPSA) is 97.9 Å². The quantitative estimate of drug-likeness (QED) is 0.471. The van der Waals surface area contributed by atoms with Gasteiger partial charge in [0.2, 0.25) is 16.6 Å². The number of fused-ring (bicyclic) bond motifs is 1. The van der Waals surface area contributed by atoms with Gasteiger partial charge in [0.15, 0.2) is 0 Å². The zero-order valence-corrected chi connectivity index (χ0v) is 24.8. The highest BCUT2D eigenvalue weighted by molar-refractivity contribution is 8.15. The molecule has 1 amide bonds. The van der Waals surface area contributed by atoms with E-state index in [1.165, 1.54) is 7.11 Å². The smallest absolute Gasteiger partial charge is 0.266 e. The minimum Gasteiger partial charge on any atom is -0.480 e. The van der Waals surface area contributed by atoms with Crippen LogP contribution in [0.3, 0.4) is 0 Å². The number of ether oxygens (including phenoxy) is 1. The van der Waals surface area contributed by atoms with Crippen molar-refractivity contribution in [3.63, 3.8) is 0 Å². The zero-order chi connectivity index (χ0) is 27.4. The lowest BCUT2D eigenvalue weighted by Crippen LogP contribution is -2.47. The van der Waals surface area contributed by atoms with Gasteiger partial charge in [-0.3, -0.25) is 24.5 Å². The summed E-state index contributed by atoms with van der Waals surface area (Å²) in [7, 11) is 1.52. The maximum absolute atomic E-state index is 12.2. The number of methoxy groups -OCH3 is 1. The number of hydrogen-bond donors (Lipinski definition) is 1. The molecule has 0 spiro atoms. The number of allylic oxidation sites excluding steroid dienone is 1. The zero-order valence-electron chi connectivity index (χ0n) is 23.2. The third kappa shape index (κ3) is 7.83. The van der Waals surface area contributed by atoms with Crippen LogP contribution in [0, 0.1) is 5.41 Å². The lowest BCUT2D eigenvalue weighted by atomic mass is 9.86. The minimum absolute atomic E-state index is 0.00891. The number of hydrogen-bond acceptors (Lipinski definition) is 7. The molecule has 3 heterocycles. The second kappa shape index (κ2) is 11.8. The maximum Gasteiger partial charge on any atom is 0.266 e. The van der Waals surface area contributed by atoms with Gasteiger partial charge in [-0.15, -0.1) is 0 Å². The van der Waals surface area contributed by atoms with Gasteiger partial charge in [0, 0.05) is 17.8 Å². The summed E-state index contributed by atoms with van der Waals surface area (Å²) in [5, 5.41) is 4.17. The summed E-state index contributed by atoms with van der Waals surface area (Å²) in [5.41, 5.74) is 3.19. The summed E-state index contributed by atoms with van der Waals surface area (Å²) in [6.07, 6.45) is 1.91. The first-order valence-electron chi connectivity index (χ1n) is 12.0. The molecule has 0 atom stereocenters. The van der Waals surface area contributed by atoms with Crippen molar-refractivity contribution in [2.75, 3.05) is 13.7 Å². The highest BCUT2D eigenvalue weighted by Crippen LogP contribution is 2.39. The molecule has 0 radical (unpaired) electrons. The van der Waals surface area contributed by atoms with Crippen LogP contribution in [-0.2, 0) is 11.3 Å². The number of thioether (sulfide) groups is 1. The van der Waals surface area contributed by atoms with Gasteiger partial charge in [0.25, 0.3) is 11.5 Å². The SMILES string of the molecule is CC(C)=C1C(=O)NC(=S)N=C1SC(C)(C)CC(C)(C)C.COc1nc2n(c(=O)c1=C(C)C)CCCN=2. The van der Waals surface area contributed by atoms with Crippen molar-refractivity contribution >= 4 is 45.6 Å². The second-order valence-corrected chi connectivity index (χ2v) is 13.2. The third-order valence-corrected chi connectivity index (χ3v) is 6.67. The number of amides is 1. The van der Waals surface area contributed by atoms with Crippen LogP contribution in [0.15, 0.2) is 25.9 Å². The van der Waals surface area contributed by atoms with E-state index in [9.17, 15) is 9.59 Å². The molecule has 198 valence electrons. The lowest BCUT2D eigenvalue weighted by molar-refractivity contribution is -0.115. The highest BCUT2D eigenvalue weighted by Gasteiger charge is 2.32. The van der Waals surface area contributed by atoms with E-state index in [-0.39, 0.29) is 26.7 Å². The van der Waals surface area contributed by atoms with Crippen LogP contribution >= 0.6 is 24.0 Å². The summed E-state index contributed by atoms with van der Waals surface area (Å²) >= 11 is 6.68. The van der Waals surface area contributed by atoms with Gasteiger partial charge in [-0.05, 0) is 58.2 Å². The van der Waals surface area contributed by atoms with E-state index in [4.69, 9.17) is 17.0 Å². The van der Waals surface area contributed by atoms with Crippen molar-refractivity contribution in [1.29, 1.82) is 0 Å². The first-order chi connectivity index (χ1) is 16.6. The Morgan fingerprint density at radius 1 is 1.11 bits per heavy atom. The number of aliphatic imine (C=N–C) groups is 1.